The van der Waals surface area contributed by atoms with Gasteiger partial charge in [-0.05, 0) is 18.6 Å². The van der Waals surface area contributed by atoms with Crippen molar-refractivity contribution in [3.8, 4) is 0 Å². The molecule has 0 fully saturated rings. The summed E-state index contributed by atoms with van der Waals surface area (Å²) in [6, 6.07) is 5.54. The van der Waals surface area contributed by atoms with Gasteiger partial charge < -0.3 is 4.90 Å². The predicted octanol–water partition coefficient (Wildman–Crippen LogP) is 3.56. The molecular weight excluding hydrogens is 407 g/mol. The highest BCUT2D eigenvalue weighted by molar-refractivity contribution is 6.33. The number of nitrogens with zero attached hydrogens (tertiary/aromatic N) is 4. The van der Waals surface area contributed by atoms with E-state index in [0.29, 0.717) is 25.2 Å². The Hall–Kier alpha value is -2.81. The maximum absolute atomic E-state index is 13.3. The number of halogens is 4. The molecule has 0 saturated heterocycles. The fraction of sp³-hybridized carbons (Fsp3) is 0.316. The van der Waals surface area contributed by atoms with Crippen LogP contribution in [0.3, 0.4) is 0 Å². The topological polar surface area (TPSA) is 66.8 Å². The summed E-state index contributed by atoms with van der Waals surface area (Å²) in [7, 11) is 0. The minimum absolute atomic E-state index is 0.0408. The SMILES string of the molecule is Cc1nn(Cc2ccccc2C(F)(F)F)c2c1CN(c1cn[nH]c(=O)c1Cl)CC2. The second kappa shape index (κ2) is 7.22. The van der Waals surface area contributed by atoms with Gasteiger partial charge in [0.1, 0.15) is 5.02 Å². The molecule has 2 aromatic heterocycles. The van der Waals surface area contributed by atoms with Crippen LogP contribution in [0.2, 0.25) is 5.02 Å². The molecule has 0 spiro atoms. The number of hydrogen-bond acceptors (Lipinski definition) is 4. The van der Waals surface area contributed by atoms with Crippen LogP contribution in [0.5, 0.6) is 0 Å². The quantitative estimate of drug-likeness (QED) is 0.699. The minimum Gasteiger partial charge on any atom is -0.364 e. The number of fused-ring (bicyclic) bond motifs is 1. The molecule has 0 saturated carbocycles. The Labute approximate surface area is 168 Å². The molecule has 10 heteroatoms. The monoisotopic (exact) mass is 423 g/mol. The van der Waals surface area contributed by atoms with Gasteiger partial charge in [-0.25, -0.2) is 5.10 Å². The first-order valence-corrected chi connectivity index (χ1v) is 9.32. The van der Waals surface area contributed by atoms with E-state index in [2.05, 4.69) is 15.3 Å². The average molecular weight is 424 g/mol. The Bertz CT molecular complexity index is 1120. The lowest BCUT2D eigenvalue weighted by atomic mass is 10.0. The summed E-state index contributed by atoms with van der Waals surface area (Å²) in [4.78, 5) is 13.7. The molecule has 0 bridgehead atoms. The first kappa shape index (κ1) is 19.5. The second-order valence-electron chi connectivity index (χ2n) is 6.89. The zero-order valence-corrected chi connectivity index (χ0v) is 16.2. The van der Waals surface area contributed by atoms with Crippen LogP contribution in [-0.2, 0) is 25.7 Å². The Morgan fingerprint density at radius 2 is 2.03 bits per heavy atom. The molecule has 1 aliphatic rings. The van der Waals surface area contributed by atoms with Crippen molar-refractivity contribution >= 4 is 17.3 Å². The standard InChI is InChI=1S/C19H17ClF3N5O/c1-11-13-10-27(16-8-24-25-18(29)17(16)20)7-6-15(13)28(26-11)9-12-4-2-3-5-14(12)19(21,22)23/h2-5,8H,6-7,9-10H2,1H3,(H,25,29). The van der Waals surface area contributed by atoms with E-state index in [1.54, 1.807) is 10.7 Å². The van der Waals surface area contributed by atoms with Crippen LogP contribution < -0.4 is 10.5 Å². The zero-order valence-electron chi connectivity index (χ0n) is 15.4. The molecule has 1 N–H and O–H groups in total. The third-order valence-electron chi connectivity index (χ3n) is 5.10. The van der Waals surface area contributed by atoms with Gasteiger partial charge in [-0.3, -0.25) is 9.48 Å². The minimum atomic E-state index is -4.42. The van der Waals surface area contributed by atoms with Crippen LogP contribution in [0, 0.1) is 6.92 Å². The van der Waals surface area contributed by atoms with Crippen molar-refractivity contribution in [3.05, 3.63) is 73.9 Å². The van der Waals surface area contributed by atoms with Crippen LogP contribution in [0.4, 0.5) is 18.9 Å². The number of nitrogens with one attached hydrogen (secondary N) is 1. The summed E-state index contributed by atoms with van der Waals surface area (Å²) >= 11 is 6.11. The number of benzene rings is 1. The van der Waals surface area contributed by atoms with Gasteiger partial charge >= 0.3 is 6.18 Å². The third-order valence-corrected chi connectivity index (χ3v) is 5.46. The van der Waals surface area contributed by atoms with Crippen molar-refractivity contribution in [1.82, 2.24) is 20.0 Å². The van der Waals surface area contributed by atoms with Crippen LogP contribution in [0.15, 0.2) is 35.3 Å². The van der Waals surface area contributed by atoms with Gasteiger partial charge in [-0.1, -0.05) is 29.8 Å². The lowest BCUT2D eigenvalue weighted by molar-refractivity contribution is -0.138. The predicted molar refractivity (Wildman–Crippen MR) is 102 cm³/mol. The molecule has 0 unspecified atom stereocenters. The number of rotatable bonds is 3. The summed E-state index contributed by atoms with van der Waals surface area (Å²) in [6.45, 7) is 2.86. The first-order valence-electron chi connectivity index (χ1n) is 8.94. The van der Waals surface area contributed by atoms with Gasteiger partial charge in [0.15, 0.2) is 0 Å². The van der Waals surface area contributed by atoms with Gasteiger partial charge in [-0.2, -0.15) is 23.4 Å². The Morgan fingerprint density at radius 3 is 2.79 bits per heavy atom. The van der Waals surface area contributed by atoms with Gasteiger partial charge in [0.25, 0.3) is 5.56 Å². The van der Waals surface area contributed by atoms with Crippen LogP contribution in [0.25, 0.3) is 0 Å². The highest BCUT2D eigenvalue weighted by Gasteiger charge is 2.33. The number of hydrogen-bond donors (Lipinski definition) is 1. The van der Waals surface area contributed by atoms with Gasteiger partial charge in [0.05, 0.1) is 29.7 Å². The van der Waals surface area contributed by atoms with E-state index in [4.69, 9.17) is 11.6 Å². The van der Waals surface area contributed by atoms with E-state index in [0.717, 1.165) is 23.0 Å². The fourth-order valence-electron chi connectivity index (χ4n) is 3.69. The maximum Gasteiger partial charge on any atom is 0.416 e. The zero-order chi connectivity index (χ0) is 20.8. The van der Waals surface area contributed by atoms with E-state index in [-0.39, 0.29) is 17.1 Å². The number of alkyl halides is 3. The normalized spacial score (nSPS) is 14.2. The number of H-pyrrole nitrogens is 1. The first-order chi connectivity index (χ1) is 13.8. The molecule has 0 atom stereocenters. The van der Waals surface area contributed by atoms with E-state index in [1.165, 1.54) is 18.3 Å². The van der Waals surface area contributed by atoms with E-state index in [1.807, 2.05) is 11.8 Å². The molecule has 1 aliphatic heterocycles. The molecular formula is C19H17ClF3N5O. The summed E-state index contributed by atoms with van der Waals surface area (Å²) in [5.41, 5.74) is 2.14. The van der Waals surface area contributed by atoms with E-state index >= 15 is 0 Å². The van der Waals surface area contributed by atoms with Crippen LogP contribution in [0.1, 0.15) is 28.1 Å². The van der Waals surface area contributed by atoms with E-state index < -0.39 is 17.3 Å². The molecule has 6 nitrogen and oxygen atoms in total. The fourth-order valence-corrected chi connectivity index (χ4v) is 3.90. The summed E-state index contributed by atoms with van der Waals surface area (Å²) in [5.74, 6) is 0. The number of aromatic amines is 1. The molecule has 4 rings (SSSR count). The lowest BCUT2D eigenvalue weighted by Crippen LogP contribution is -2.32. The maximum atomic E-state index is 13.3. The number of anilines is 1. The van der Waals surface area contributed by atoms with Crippen molar-refractivity contribution in [2.45, 2.75) is 32.6 Å². The van der Waals surface area contributed by atoms with Gasteiger partial charge in [-0.15, -0.1) is 0 Å². The Kier molecular flexibility index (Phi) is 4.85. The van der Waals surface area contributed by atoms with Gasteiger partial charge in [0.2, 0.25) is 0 Å². The smallest absolute Gasteiger partial charge is 0.364 e. The number of aromatic nitrogens is 4. The second-order valence-corrected chi connectivity index (χ2v) is 7.27. The molecule has 3 aromatic rings. The van der Waals surface area contributed by atoms with Crippen molar-refractivity contribution in [1.29, 1.82) is 0 Å². The highest BCUT2D eigenvalue weighted by Crippen LogP contribution is 2.33. The van der Waals surface area contributed by atoms with Crippen molar-refractivity contribution < 1.29 is 13.2 Å². The molecule has 3 heterocycles. The molecule has 152 valence electrons. The molecule has 0 radical (unpaired) electrons. The van der Waals surface area contributed by atoms with Gasteiger partial charge in [0, 0.05) is 30.8 Å². The Balaban J connectivity index is 1.66. The van der Waals surface area contributed by atoms with Crippen molar-refractivity contribution in [2.75, 3.05) is 11.4 Å². The van der Waals surface area contributed by atoms with E-state index in [9.17, 15) is 18.0 Å². The van der Waals surface area contributed by atoms with Crippen molar-refractivity contribution in [2.24, 2.45) is 0 Å². The molecule has 1 aromatic carbocycles. The van der Waals surface area contributed by atoms with Crippen LogP contribution in [-0.4, -0.2) is 26.5 Å². The lowest BCUT2D eigenvalue weighted by Gasteiger charge is -2.29. The average Bonchev–Trinajstić information content (AvgIpc) is 2.98. The highest BCUT2D eigenvalue weighted by atomic mass is 35.5. The summed E-state index contributed by atoms with van der Waals surface area (Å²) in [6.07, 6.45) is -2.36. The number of aryl methyl sites for hydroxylation is 1. The van der Waals surface area contributed by atoms with Crippen LogP contribution >= 0.6 is 11.6 Å². The van der Waals surface area contributed by atoms with Crippen molar-refractivity contribution in [3.63, 3.8) is 0 Å². The third kappa shape index (κ3) is 3.62. The molecule has 0 amide bonds. The summed E-state index contributed by atoms with van der Waals surface area (Å²) in [5, 5.41) is 10.6. The largest absolute Gasteiger partial charge is 0.416 e. The molecule has 29 heavy (non-hydrogen) atoms. The molecule has 0 aliphatic carbocycles. The summed E-state index contributed by atoms with van der Waals surface area (Å²) < 4.78 is 41.6. The Morgan fingerprint density at radius 1 is 1.28 bits per heavy atom.